The molecule has 0 aliphatic carbocycles. The van der Waals surface area contributed by atoms with Crippen LogP contribution in [0, 0.1) is 11.8 Å². The second kappa shape index (κ2) is 12.3. The van der Waals surface area contributed by atoms with Gasteiger partial charge in [-0.25, -0.2) is 0 Å². The van der Waals surface area contributed by atoms with E-state index >= 15 is 0 Å². The molecule has 156 valence electrons. The summed E-state index contributed by atoms with van der Waals surface area (Å²) in [6, 6.07) is 0. The van der Waals surface area contributed by atoms with Crippen LogP contribution in [0.15, 0.2) is 0 Å². The molecule has 0 amide bonds. The molecule has 0 aromatic rings. The average Bonchev–Trinajstić information content (AvgIpc) is 3.12. The van der Waals surface area contributed by atoms with Gasteiger partial charge < -0.3 is 18.9 Å². The summed E-state index contributed by atoms with van der Waals surface area (Å²) < 4.78 is 23.0. The smallest absolute Gasteiger partial charge is 0.161 e. The lowest BCUT2D eigenvalue weighted by atomic mass is 9.99. The van der Waals surface area contributed by atoms with Crippen molar-refractivity contribution in [3.05, 3.63) is 0 Å². The Bertz CT molecular complexity index is 338. The van der Waals surface area contributed by atoms with Gasteiger partial charge in [-0.1, -0.05) is 40.5 Å². The van der Waals surface area contributed by atoms with Gasteiger partial charge in [0, 0.05) is 11.8 Å². The Kier molecular flexibility index (Phi) is 11.3. The lowest BCUT2D eigenvalue weighted by Crippen LogP contribution is -2.21. The van der Waals surface area contributed by atoms with Crippen LogP contribution in [-0.4, -0.2) is 37.0 Å². The fraction of sp³-hybridized carbons (Fsp3) is 1.00. The first-order valence-electron chi connectivity index (χ1n) is 11.0. The van der Waals surface area contributed by atoms with Crippen LogP contribution in [0.5, 0.6) is 0 Å². The molecule has 5 atom stereocenters. The van der Waals surface area contributed by atoms with E-state index in [1.54, 1.807) is 0 Å². The highest BCUT2D eigenvalue weighted by Gasteiger charge is 2.34. The van der Waals surface area contributed by atoms with Crippen molar-refractivity contribution in [2.24, 2.45) is 11.8 Å². The molecule has 0 aromatic carbocycles. The summed E-state index contributed by atoms with van der Waals surface area (Å²) >= 11 is 0. The van der Waals surface area contributed by atoms with E-state index in [9.17, 15) is 0 Å². The van der Waals surface area contributed by atoms with Gasteiger partial charge >= 0.3 is 0 Å². The zero-order valence-electron chi connectivity index (χ0n) is 18.5. The number of unbranched alkanes of at least 4 members (excludes halogenated alkanes) is 1. The highest BCUT2D eigenvalue weighted by atomic mass is 16.7. The molecule has 0 aromatic heterocycles. The molecule has 4 nitrogen and oxygen atoms in total. The van der Waals surface area contributed by atoms with Crippen LogP contribution in [0.3, 0.4) is 0 Å². The molecule has 0 N–H and O–H groups in total. The third-order valence-corrected chi connectivity index (χ3v) is 5.99. The van der Waals surface area contributed by atoms with E-state index in [4.69, 9.17) is 18.9 Å². The van der Waals surface area contributed by atoms with Gasteiger partial charge in [0.2, 0.25) is 0 Å². The van der Waals surface area contributed by atoms with E-state index in [0.29, 0.717) is 11.8 Å². The molecule has 0 radical (unpaired) electrons. The third kappa shape index (κ3) is 7.10. The van der Waals surface area contributed by atoms with Crippen molar-refractivity contribution < 1.29 is 18.9 Å². The number of hydrogen-bond acceptors (Lipinski definition) is 4. The van der Waals surface area contributed by atoms with Gasteiger partial charge in [0.1, 0.15) is 0 Å². The standard InChI is InChI=1S/C12H24O2.C10H20O2/c1-5-7-8-11(6-2)12-13-9(3)10(4)14-12;1-5-9(6-2)10-11-7(3)8(4)12-10/h9-12H,5-8H2,1-4H3;7-10H,5-6H2,1-4H3. The SMILES string of the molecule is CCC(CC)C1OC(C)C(C)O1.CCCCC(CC)C1OC(C)C(C)O1. The van der Waals surface area contributed by atoms with E-state index in [1.165, 1.54) is 19.3 Å². The minimum Gasteiger partial charge on any atom is -0.347 e. The number of rotatable bonds is 8. The van der Waals surface area contributed by atoms with E-state index < -0.39 is 0 Å². The summed E-state index contributed by atoms with van der Waals surface area (Å²) in [4.78, 5) is 0. The van der Waals surface area contributed by atoms with Crippen LogP contribution in [0.1, 0.15) is 93.9 Å². The van der Waals surface area contributed by atoms with Crippen molar-refractivity contribution in [2.45, 2.75) is 131 Å². The Morgan fingerprint density at radius 2 is 0.923 bits per heavy atom. The van der Waals surface area contributed by atoms with Crippen LogP contribution < -0.4 is 0 Å². The van der Waals surface area contributed by atoms with E-state index in [2.05, 4.69) is 55.4 Å². The van der Waals surface area contributed by atoms with E-state index in [1.807, 2.05) is 0 Å². The van der Waals surface area contributed by atoms with Gasteiger partial charge in [-0.15, -0.1) is 0 Å². The van der Waals surface area contributed by atoms with Gasteiger partial charge in [0.15, 0.2) is 12.6 Å². The fourth-order valence-electron chi connectivity index (χ4n) is 3.47. The van der Waals surface area contributed by atoms with Crippen LogP contribution >= 0.6 is 0 Å². The molecular formula is C22H44O4. The van der Waals surface area contributed by atoms with Gasteiger partial charge in [-0.2, -0.15) is 0 Å². The Labute approximate surface area is 162 Å². The third-order valence-electron chi connectivity index (χ3n) is 5.99. The van der Waals surface area contributed by atoms with Gasteiger partial charge in [-0.3, -0.25) is 0 Å². The Hall–Kier alpha value is -0.160. The van der Waals surface area contributed by atoms with Crippen LogP contribution in [0.2, 0.25) is 0 Å². The molecular weight excluding hydrogens is 328 g/mol. The maximum atomic E-state index is 5.80. The Morgan fingerprint density at radius 3 is 1.23 bits per heavy atom. The maximum Gasteiger partial charge on any atom is 0.161 e. The molecule has 26 heavy (non-hydrogen) atoms. The van der Waals surface area contributed by atoms with Crippen LogP contribution in [0.25, 0.3) is 0 Å². The Balaban J connectivity index is 0.000000263. The molecule has 2 aliphatic rings. The summed E-state index contributed by atoms with van der Waals surface area (Å²) in [5.41, 5.74) is 0. The van der Waals surface area contributed by atoms with Crippen LogP contribution in [-0.2, 0) is 18.9 Å². The highest BCUT2D eigenvalue weighted by Crippen LogP contribution is 2.29. The second-order valence-corrected chi connectivity index (χ2v) is 7.99. The van der Waals surface area contributed by atoms with Gasteiger partial charge in [-0.05, 0) is 53.4 Å². The van der Waals surface area contributed by atoms with Crippen molar-refractivity contribution in [1.29, 1.82) is 0 Å². The quantitative estimate of drug-likeness (QED) is 0.529. The molecule has 2 heterocycles. The molecule has 2 aliphatic heterocycles. The molecule has 0 bridgehead atoms. The molecule has 5 unspecified atom stereocenters. The molecule has 0 saturated carbocycles. The predicted molar refractivity (Wildman–Crippen MR) is 107 cm³/mol. The minimum atomic E-state index is 0.0463. The summed E-state index contributed by atoms with van der Waals surface area (Å²) in [6.07, 6.45) is 8.35. The van der Waals surface area contributed by atoms with Gasteiger partial charge in [0.25, 0.3) is 0 Å². The van der Waals surface area contributed by atoms with Crippen molar-refractivity contribution >= 4 is 0 Å². The highest BCUT2D eigenvalue weighted by molar-refractivity contribution is 4.74. The Morgan fingerprint density at radius 1 is 0.577 bits per heavy atom. The predicted octanol–water partition coefficient (Wildman–Crippen LogP) is 5.93. The lowest BCUT2D eigenvalue weighted by molar-refractivity contribution is -0.104. The zero-order chi connectivity index (χ0) is 19.7. The molecule has 2 rings (SSSR count). The van der Waals surface area contributed by atoms with Crippen molar-refractivity contribution in [3.8, 4) is 0 Å². The monoisotopic (exact) mass is 372 g/mol. The first-order chi connectivity index (χ1) is 12.4. The van der Waals surface area contributed by atoms with E-state index in [0.717, 1.165) is 19.3 Å². The largest absolute Gasteiger partial charge is 0.347 e. The molecule has 0 spiro atoms. The number of hydrogen-bond donors (Lipinski definition) is 0. The minimum absolute atomic E-state index is 0.0463. The van der Waals surface area contributed by atoms with Crippen molar-refractivity contribution in [3.63, 3.8) is 0 Å². The average molecular weight is 373 g/mol. The van der Waals surface area contributed by atoms with Crippen LogP contribution in [0.4, 0.5) is 0 Å². The maximum absolute atomic E-state index is 5.80. The van der Waals surface area contributed by atoms with E-state index in [-0.39, 0.29) is 37.0 Å². The second-order valence-electron chi connectivity index (χ2n) is 7.99. The van der Waals surface area contributed by atoms with Crippen molar-refractivity contribution in [1.82, 2.24) is 0 Å². The van der Waals surface area contributed by atoms with Gasteiger partial charge in [0.05, 0.1) is 24.4 Å². The first-order valence-corrected chi connectivity index (χ1v) is 11.0. The summed E-state index contributed by atoms with van der Waals surface area (Å²) in [5.74, 6) is 1.15. The normalized spacial score (nSPS) is 35.4. The first kappa shape index (κ1) is 23.9. The summed E-state index contributed by atoms with van der Waals surface area (Å²) in [7, 11) is 0. The lowest BCUT2D eigenvalue weighted by Gasteiger charge is -2.20. The topological polar surface area (TPSA) is 36.9 Å². The molecule has 2 fully saturated rings. The van der Waals surface area contributed by atoms with Crippen molar-refractivity contribution in [2.75, 3.05) is 0 Å². The number of ether oxygens (including phenoxy) is 4. The molecule has 2 saturated heterocycles. The summed E-state index contributed by atoms with van der Waals surface area (Å²) in [6.45, 7) is 17.2. The summed E-state index contributed by atoms with van der Waals surface area (Å²) in [5, 5.41) is 0. The zero-order valence-corrected chi connectivity index (χ0v) is 18.5. The fourth-order valence-corrected chi connectivity index (χ4v) is 3.47. The molecule has 4 heteroatoms.